The molecule has 0 spiro atoms. The molecule has 35 heavy (non-hydrogen) atoms. The minimum atomic E-state index is 0.146. The lowest BCUT2D eigenvalue weighted by Gasteiger charge is -2.40. The minimum Gasteiger partial charge on any atom is -0.340 e. The van der Waals surface area contributed by atoms with Crippen LogP contribution >= 0.6 is 11.6 Å². The Bertz CT molecular complexity index is 1230. The van der Waals surface area contributed by atoms with Gasteiger partial charge < -0.3 is 9.47 Å². The zero-order chi connectivity index (χ0) is 24.0. The molecule has 1 aromatic heterocycles. The summed E-state index contributed by atoms with van der Waals surface area (Å²) < 4.78 is 2.00. The molecule has 3 aromatic carbocycles. The third kappa shape index (κ3) is 5.64. The molecule has 6 heteroatoms. The number of halogens is 1. The van der Waals surface area contributed by atoms with Crippen LogP contribution in [0.4, 0.5) is 0 Å². The van der Waals surface area contributed by atoms with Gasteiger partial charge in [-0.2, -0.15) is 0 Å². The lowest BCUT2D eigenvalue weighted by Crippen LogP contribution is -2.50. The highest BCUT2D eigenvalue weighted by Crippen LogP contribution is 2.30. The Labute approximate surface area is 211 Å². The quantitative estimate of drug-likeness (QED) is 0.346. The van der Waals surface area contributed by atoms with Crippen molar-refractivity contribution in [2.45, 2.75) is 19.0 Å². The average molecular weight is 485 g/mol. The van der Waals surface area contributed by atoms with Gasteiger partial charge >= 0.3 is 0 Å². The second kappa shape index (κ2) is 10.9. The van der Waals surface area contributed by atoms with Crippen LogP contribution in [-0.2, 0) is 11.3 Å². The van der Waals surface area contributed by atoms with E-state index in [0.717, 1.165) is 42.5 Å². The van der Waals surface area contributed by atoms with E-state index in [1.165, 1.54) is 11.1 Å². The number of hydrogen-bond acceptors (Lipinski definition) is 3. The molecule has 1 saturated heterocycles. The Morgan fingerprint density at radius 2 is 1.46 bits per heavy atom. The first-order valence-corrected chi connectivity index (χ1v) is 12.4. The van der Waals surface area contributed by atoms with E-state index >= 15 is 0 Å². The molecule has 5 rings (SSSR count). The molecule has 0 radical (unpaired) electrons. The highest BCUT2D eigenvalue weighted by molar-refractivity contribution is 6.30. The van der Waals surface area contributed by atoms with Gasteiger partial charge in [-0.3, -0.25) is 9.69 Å². The number of carbonyl (C=O) groups is 1. The van der Waals surface area contributed by atoms with Crippen molar-refractivity contribution in [3.05, 3.63) is 114 Å². The largest absolute Gasteiger partial charge is 0.340 e. The van der Waals surface area contributed by atoms with Crippen molar-refractivity contribution in [3.63, 3.8) is 0 Å². The molecule has 4 aromatic rings. The number of aryl methyl sites for hydroxylation is 1. The summed E-state index contributed by atoms with van der Waals surface area (Å²) in [4.78, 5) is 21.9. The Hall–Kier alpha value is -3.41. The van der Waals surface area contributed by atoms with E-state index in [4.69, 9.17) is 11.6 Å². The van der Waals surface area contributed by atoms with Crippen LogP contribution in [0.1, 0.15) is 23.6 Å². The van der Waals surface area contributed by atoms with E-state index in [2.05, 4.69) is 46.3 Å². The number of nitrogens with zero attached hydrogens (tertiary/aromatic N) is 4. The van der Waals surface area contributed by atoms with Crippen LogP contribution in [0.2, 0.25) is 5.02 Å². The van der Waals surface area contributed by atoms with Crippen LogP contribution < -0.4 is 0 Å². The molecule has 178 valence electrons. The number of benzene rings is 3. The molecule has 2 heterocycles. The van der Waals surface area contributed by atoms with Crippen molar-refractivity contribution in [2.75, 3.05) is 26.2 Å². The van der Waals surface area contributed by atoms with Crippen LogP contribution in [0.15, 0.2) is 97.5 Å². The second-order valence-electron chi connectivity index (χ2n) is 8.89. The molecule has 0 aliphatic carbocycles. The molecule has 0 N–H and O–H groups in total. The first-order valence-electron chi connectivity index (χ1n) is 12.1. The van der Waals surface area contributed by atoms with Crippen molar-refractivity contribution >= 4 is 17.5 Å². The van der Waals surface area contributed by atoms with Crippen LogP contribution in [0.3, 0.4) is 0 Å². The molecule has 0 bridgehead atoms. The fourth-order valence-electron chi connectivity index (χ4n) is 4.75. The SMILES string of the molecule is O=C(CCn1cnc(-c2ccccc2)c1)N1CCN(C(c2ccccc2)c2ccc(Cl)cc2)CC1. The maximum atomic E-state index is 13.0. The van der Waals surface area contributed by atoms with Gasteiger partial charge in [-0.1, -0.05) is 84.4 Å². The van der Waals surface area contributed by atoms with Crippen LogP contribution in [0.5, 0.6) is 0 Å². The monoisotopic (exact) mass is 484 g/mol. The van der Waals surface area contributed by atoms with Crippen molar-refractivity contribution in [3.8, 4) is 11.3 Å². The number of piperazine rings is 1. The van der Waals surface area contributed by atoms with Gasteiger partial charge in [-0.15, -0.1) is 0 Å². The van der Waals surface area contributed by atoms with Crippen molar-refractivity contribution < 1.29 is 4.79 Å². The topological polar surface area (TPSA) is 41.4 Å². The molecule has 1 aliphatic rings. The average Bonchev–Trinajstić information content (AvgIpc) is 3.39. The summed E-state index contributed by atoms with van der Waals surface area (Å²) >= 11 is 6.15. The van der Waals surface area contributed by atoms with Crippen molar-refractivity contribution in [2.24, 2.45) is 0 Å². The standard InChI is InChI=1S/C29H29ClN4O/c30-26-13-11-25(12-14-26)29(24-9-5-2-6-10-24)34-19-17-33(18-20-34)28(35)15-16-32-21-27(31-22-32)23-7-3-1-4-8-23/h1-14,21-22,29H,15-20H2. The van der Waals surface area contributed by atoms with E-state index in [1.54, 1.807) is 0 Å². The summed E-state index contributed by atoms with van der Waals surface area (Å²) in [5.41, 5.74) is 4.49. The van der Waals surface area contributed by atoms with Crippen LogP contribution in [0.25, 0.3) is 11.3 Å². The van der Waals surface area contributed by atoms with E-state index in [1.807, 2.05) is 70.5 Å². The zero-order valence-electron chi connectivity index (χ0n) is 19.6. The number of carbonyl (C=O) groups excluding carboxylic acids is 1. The number of aromatic nitrogens is 2. The number of rotatable bonds is 7. The maximum Gasteiger partial charge on any atom is 0.224 e. The molecule has 1 unspecified atom stereocenters. The Balaban J connectivity index is 1.19. The summed E-state index contributed by atoms with van der Waals surface area (Å²) in [6.45, 7) is 3.76. The second-order valence-corrected chi connectivity index (χ2v) is 9.33. The minimum absolute atomic E-state index is 0.146. The predicted molar refractivity (Wildman–Crippen MR) is 140 cm³/mol. The molecule has 1 fully saturated rings. The zero-order valence-corrected chi connectivity index (χ0v) is 20.4. The summed E-state index contributed by atoms with van der Waals surface area (Å²) in [6, 6.07) is 28.9. The van der Waals surface area contributed by atoms with Gasteiger partial charge in [-0.05, 0) is 23.3 Å². The number of amides is 1. The smallest absolute Gasteiger partial charge is 0.224 e. The molecule has 1 atom stereocenters. The fraction of sp³-hybridized carbons (Fsp3) is 0.241. The van der Waals surface area contributed by atoms with Crippen molar-refractivity contribution in [1.82, 2.24) is 19.4 Å². The third-order valence-corrected chi connectivity index (χ3v) is 6.87. The summed E-state index contributed by atoms with van der Waals surface area (Å²) in [6.07, 6.45) is 4.30. The number of hydrogen-bond donors (Lipinski definition) is 0. The Kier molecular flexibility index (Phi) is 7.26. The van der Waals surface area contributed by atoms with Gasteiger partial charge in [0.2, 0.25) is 5.91 Å². The van der Waals surface area contributed by atoms with E-state index in [0.29, 0.717) is 13.0 Å². The lowest BCUT2D eigenvalue weighted by atomic mass is 9.96. The summed E-state index contributed by atoms with van der Waals surface area (Å²) in [5.74, 6) is 0.197. The van der Waals surface area contributed by atoms with Gasteiger partial charge in [0.05, 0.1) is 18.1 Å². The van der Waals surface area contributed by atoms with Gasteiger partial charge in [0, 0.05) is 55.9 Å². The molecular weight excluding hydrogens is 456 g/mol. The molecule has 0 saturated carbocycles. The summed E-state index contributed by atoms with van der Waals surface area (Å²) in [5, 5.41) is 0.741. The van der Waals surface area contributed by atoms with E-state index in [-0.39, 0.29) is 11.9 Å². The van der Waals surface area contributed by atoms with Gasteiger partial charge in [0.15, 0.2) is 0 Å². The summed E-state index contributed by atoms with van der Waals surface area (Å²) in [7, 11) is 0. The molecule has 1 amide bonds. The van der Waals surface area contributed by atoms with E-state index in [9.17, 15) is 4.79 Å². The highest BCUT2D eigenvalue weighted by atomic mass is 35.5. The van der Waals surface area contributed by atoms with Crippen LogP contribution in [0, 0.1) is 0 Å². The Morgan fingerprint density at radius 3 is 2.14 bits per heavy atom. The lowest BCUT2D eigenvalue weighted by molar-refractivity contribution is -0.133. The number of imidazole rings is 1. The first-order chi connectivity index (χ1) is 17.2. The molecular formula is C29H29ClN4O. The Morgan fingerprint density at radius 1 is 0.829 bits per heavy atom. The normalized spacial score (nSPS) is 15.2. The predicted octanol–water partition coefficient (Wildman–Crippen LogP) is 5.53. The fourth-order valence-corrected chi connectivity index (χ4v) is 4.87. The van der Waals surface area contributed by atoms with Gasteiger partial charge in [0.25, 0.3) is 0 Å². The van der Waals surface area contributed by atoms with E-state index < -0.39 is 0 Å². The third-order valence-electron chi connectivity index (χ3n) is 6.62. The first kappa shape index (κ1) is 23.3. The molecule has 5 nitrogen and oxygen atoms in total. The molecule has 1 aliphatic heterocycles. The van der Waals surface area contributed by atoms with Gasteiger partial charge in [-0.25, -0.2) is 4.98 Å². The highest BCUT2D eigenvalue weighted by Gasteiger charge is 2.28. The van der Waals surface area contributed by atoms with Crippen molar-refractivity contribution in [1.29, 1.82) is 0 Å². The van der Waals surface area contributed by atoms with Crippen LogP contribution in [-0.4, -0.2) is 51.4 Å². The van der Waals surface area contributed by atoms with Gasteiger partial charge in [0.1, 0.15) is 0 Å². The maximum absolute atomic E-state index is 13.0.